The zero-order chi connectivity index (χ0) is 28.2. The number of esters is 1. The summed E-state index contributed by atoms with van der Waals surface area (Å²) in [7, 11) is 5.34. The van der Waals surface area contributed by atoms with E-state index in [-0.39, 0.29) is 18.6 Å². The smallest absolute Gasteiger partial charge is 0.343 e. The Kier molecular flexibility index (Phi) is 6.35. The molecular weight excluding hydrogens is 510 g/mol. The number of aliphatic hydroxyl groups is 1. The van der Waals surface area contributed by atoms with E-state index >= 15 is 0 Å². The van der Waals surface area contributed by atoms with Crippen LogP contribution in [-0.4, -0.2) is 46.8 Å². The maximum absolute atomic E-state index is 13.7. The van der Waals surface area contributed by atoms with Gasteiger partial charge in [-0.2, -0.15) is 0 Å². The van der Waals surface area contributed by atoms with Gasteiger partial charge >= 0.3 is 5.97 Å². The number of hydrogen-bond acceptors (Lipinski definition) is 8. The molecule has 4 heterocycles. The molecule has 1 N–H and O–H groups in total. The number of carbonyl (C=O) groups excluding carboxylic acids is 1. The molecule has 2 aliphatic rings. The van der Waals surface area contributed by atoms with Crippen LogP contribution in [-0.2, 0) is 41.4 Å². The summed E-state index contributed by atoms with van der Waals surface area (Å²) in [6, 6.07) is 15.5. The fraction of sp³-hybridized carbons (Fsp3) is 0.323. The summed E-state index contributed by atoms with van der Waals surface area (Å²) >= 11 is 0. The van der Waals surface area contributed by atoms with Gasteiger partial charge in [-0.15, -0.1) is 0 Å². The minimum atomic E-state index is -1.86. The Morgan fingerprint density at radius 3 is 2.45 bits per heavy atom. The van der Waals surface area contributed by atoms with E-state index in [0.717, 1.165) is 39.1 Å². The lowest BCUT2D eigenvalue weighted by atomic mass is 9.86. The van der Waals surface area contributed by atoms with Gasteiger partial charge in [0, 0.05) is 29.6 Å². The molecule has 0 bridgehead atoms. The number of pyridine rings is 2. The normalized spacial score (nSPS) is 17.4. The van der Waals surface area contributed by atoms with Gasteiger partial charge in [-0.3, -0.25) is 9.69 Å². The summed E-state index contributed by atoms with van der Waals surface area (Å²) in [5.41, 5.74) is 3.67. The number of aromatic nitrogens is 2. The van der Waals surface area contributed by atoms with Gasteiger partial charge < -0.3 is 23.9 Å². The maximum Gasteiger partial charge on any atom is 0.343 e. The third-order valence-corrected chi connectivity index (χ3v) is 8.05. The quantitative estimate of drug-likeness (QED) is 0.311. The van der Waals surface area contributed by atoms with Crippen molar-refractivity contribution in [2.75, 3.05) is 21.3 Å². The van der Waals surface area contributed by atoms with Crippen LogP contribution in [0.5, 0.6) is 11.5 Å². The average molecular weight is 542 g/mol. The van der Waals surface area contributed by atoms with Crippen LogP contribution in [0, 0.1) is 0 Å². The summed E-state index contributed by atoms with van der Waals surface area (Å²) in [6.07, 6.45) is 0.0981. The highest BCUT2D eigenvalue weighted by atomic mass is 16.6. The maximum atomic E-state index is 13.7. The molecule has 2 aromatic carbocycles. The van der Waals surface area contributed by atoms with Crippen molar-refractivity contribution in [3.8, 4) is 22.9 Å². The molecule has 6 rings (SSSR count). The van der Waals surface area contributed by atoms with Crippen LogP contribution < -0.4 is 15.0 Å². The summed E-state index contributed by atoms with van der Waals surface area (Å²) in [4.78, 5) is 33.4. The number of cyclic esters (lactones) is 1. The number of rotatable bonds is 7. The second-order valence-electron chi connectivity index (χ2n) is 10.4. The predicted molar refractivity (Wildman–Crippen MR) is 149 cm³/mol. The molecular formula is C31H31N3O6. The lowest BCUT2D eigenvalue weighted by Crippen LogP contribution is -2.44. The zero-order valence-electron chi connectivity index (χ0n) is 23.0. The van der Waals surface area contributed by atoms with Crippen molar-refractivity contribution < 1.29 is 24.1 Å². The fourth-order valence-corrected chi connectivity index (χ4v) is 5.82. The Hall–Kier alpha value is -4.21. The van der Waals surface area contributed by atoms with Crippen LogP contribution in [0.4, 0.5) is 0 Å². The molecule has 4 aromatic rings. The molecule has 0 amide bonds. The fourth-order valence-electron chi connectivity index (χ4n) is 5.82. The van der Waals surface area contributed by atoms with Crippen molar-refractivity contribution in [2.24, 2.45) is 0 Å². The molecule has 2 aliphatic heterocycles. The van der Waals surface area contributed by atoms with E-state index in [1.165, 1.54) is 0 Å². The number of ether oxygens (including phenoxy) is 3. The van der Waals surface area contributed by atoms with E-state index in [4.69, 9.17) is 19.2 Å². The van der Waals surface area contributed by atoms with Crippen LogP contribution in [0.15, 0.2) is 53.3 Å². The molecule has 9 heteroatoms. The Balaban J connectivity index is 1.48. The third-order valence-electron chi connectivity index (χ3n) is 8.05. The van der Waals surface area contributed by atoms with Crippen molar-refractivity contribution in [1.29, 1.82) is 0 Å². The molecule has 206 valence electrons. The lowest BCUT2D eigenvalue weighted by Gasteiger charge is -2.31. The molecule has 0 fully saturated rings. The molecule has 0 aliphatic carbocycles. The number of methoxy groups -OCH3 is 2. The first-order valence-electron chi connectivity index (χ1n) is 13.3. The summed E-state index contributed by atoms with van der Waals surface area (Å²) in [5, 5.41) is 12.2. The Labute approximate surface area is 231 Å². The second kappa shape index (κ2) is 9.76. The Bertz CT molecular complexity index is 1710. The van der Waals surface area contributed by atoms with Gasteiger partial charge in [0.05, 0.1) is 43.2 Å². The van der Waals surface area contributed by atoms with Crippen molar-refractivity contribution in [3.63, 3.8) is 0 Å². The largest absolute Gasteiger partial charge is 0.497 e. The van der Waals surface area contributed by atoms with E-state index < -0.39 is 11.6 Å². The van der Waals surface area contributed by atoms with E-state index in [9.17, 15) is 14.7 Å². The zero-order valence-corrected chi connectivity index (χ0v) is 23.0. The number of benzene rings is 2. The molecule has 1 atom stereocenters. The number of nitrogens with zero attached hydrogens (tertiary/aromatic N) is 3. The molecule has 9 nitrogen and oxygen atoms in total. The minimum Gasteiger partial charge on any atom is -0.497 e. The van der Waals surface area contributed by atoms with Crippen molar-refractivity contribution >= 4 is 16.9 Å². The highest BCUT2D eigenvalue weighted by molar-refractivity contribution is 5.90. The van der Waals surface area contributed by atoms with Crippen LogP contribution in [0.3, 0.4) is 0 Å². The summed E-state index contributed by atoms with van der Waals surface area (Å²) in [5.74, 6) is 0.800. The third kappa shape index (κ3) is 4.04. The topological polar surface area (TPSA) is 103 Å². The number of carbonyl (C=O) groups is 1. The van der Waals surface area contributed by atoms with E-state index in [1.54, 1.807) is 31.8 Å². The van der Waals surface area contributed by atoms with Gasteiger partial charge in [0.2, 0.25) is 0 Å². The minimum absolute atomic E-state index is 0.0981. The first-order valence-corrected chi connectivity index (χ1v) is 13.3. The van der Waals surface area contributed by atoms with Crippen molar-refractivity contribution in [1.82, 2.24) is 14.5 Å². The van der Waals surface area contributed by atoms with Crippen molar-refractivity contribution in [3.05, 3.63) is 86.7 Å². The SMILES string of the molecule is CC[C@@]1(O)C(=O)OCc2c1cc1n(c2=O)Cc2c-1nc1ccc(OC)cc1c2CN(C)Cc1ccc(OC)cc1. The average Bonchev–Trinajstić information content (AvgIpc) is 3.34. The second-order valence-corrected chi connectivity index (χ2v) is 10.4. The van der Waals surface area contributed by atoms with Gasteiger partial charge in [-0.1, -0.05) is 19.1 Å². The number of fused-ring (bicyclic) bond motifs is 5. The monoisotopic (exact) mass is 541 g/mol. The molecule has 2 aromatic heterocycles. The van der Waals surface area contributed by atoms with Gasteiger partial charge in [0.25, 0.3) is 5.56 Å². The van der Waals surface area contributed by atoms with Gasteiger partial charge in [-0.25, -0.2) is 9.78 Å². The standard InChI is InChI=1S/C31H31N3O6/c1-5-31(37)25-13-27-28-23(16-34(27)29(35)24(25)17-40-30(31)36)22(21-12-20(39-4)10-11-26(21)32-28)15-33(2)14-18-6-8-19(38-3)9-7-18/h6-13,37H,5,14-17H2,1-4H3/t31-/m0/s1. The first kappa shape index (κ1) is 26.0. The Morgan fingerprint density at radius 1 is 1.02 bits per heavy atom. The van der Waals surface area contributed by atoms with E-state index in [1.807, 2.05) is 42.5 Å². The van der Waals surface area contributed by atoms with Gasteiger partial charge in [0.15, 0.2) is 5.60 Å². The lowest BCUT2D eigenvalue weighted by molar-refractivity contribution is -0.172. The van der Waals surface area contributed by atoms with Crippen LogP contribution in [0.25, 0.3) is 22.3 Å². The highest BCUT2D eigenvalue weighted by Gasteiger charge is 2.45. The summed E-state index contributed by atoms with van der Waals surface area (Å²) in [6.45, 7) is 3.18. The molecule has 0 radical (unpaired) electrons. The molecule has 0 saturated carbocycles. The van der Waals surface area contributed by atoms with E-state index in [0.29, 0.717) is 42.1 Å². The van der Waals surface area contributed by atoms with E-state index in [2.05, 4.69) is 11.9 Å². The van der Waals surface area contributed by atoms with Gasteiger partial charge in [0.1, 0.15) is 18.1 Å². The molecule has 0 spiro atoms. The highest BCUT2D eigenvalue weighted by Crippen LogP contribution is 2.41. The Morgan fingerprint density at radius 2 is 1.75 bits per heavy atom. The predicted octanol–water partition coefficient (Wildman–Crippen LogP) is 3.73. The van der Waals surface area contributed by atoms with Crippen LogP contribution >= 0.6 is 0 Å². The first-order chi connectivity index (χ1) is 19.3. The molecule has 0 saturated heterocycles. The van der Waals surface area contributed by atoms with Crippen LogP contribution in [0.1, 0.15) is 41.2 Å². The van der Waals surface area contributed by atoms with Crippen LogP contribution in [0.2, 0.25) is 0 Å². The summed E-state index contributed by atoms with van der Waals surface area (Å²) < 4.78 is 17.7. The number of hydrogen-bond donors (Lipinski definition) is 1. The van der Waals surface area contributed by atoms with Crippen molar-refractivity contribution in [2.45, 2.75) is 45.2 Å². The molecule has 40 heavy (non-hydrogen) atoms. The molecule has 0 unspecified atom stereocenters. The van der Waals surface area contributed by atoms with Gasteiger partial charge in [-0.05, 0) is 61.0 Å².